The number of unbranched alkanes of at least 4 members (excludes halogenated alkanes) is 44. The van der Waals surface area contributed by atoms with Crippen LogP contribution < -0.4 is 5.32 Å². The molecule has 434 valence electrons. The Morgan fingerprint density at radius 1 is 0.378 bits per heavy atom. The van der Waals surface area contributed by atoms with E-state index in [9.17, 15) is 19.8 Å². The van der Waals surface area contributed by atoms with Crippen LogP contribution >= 0.6 is 0 Å². The fourth-order valence-electron chi connectivity index (χ4n) is 10.0. The zero-order valence-electron chi connectivity index (χ0n) is 49.6. The molecule has 0 aliphatic carbocycles. The lowest BCUT2D eigenvalue weighted by Crippen LogP contribution is -2.45. The fourth-order valence-corrected chi connectivity index (χ4v) is 10.0. The number of nitrogens with one attached hydrogen (secondary N) is 1. The molecule has 0 aliphatic rings. The van der Waals surface area contributed by atoms with Gasteiger partial charge in [0.1, 0.15) is 0 Å². The van der Waals surface area contributed by atoms with Crippen LogP contribution in [0.3, 0.4) is 0 Å². The number of ether oxygens (including phenoxy) is 1. The zero-order chi connectivity index (χ0) is 53.6. The molecule has 0 radical (unpaired) electrons. The van der Waals surface area contributed by atoms with Crippen molar-refractivity contribution < 1.29 is 24.5 Å². The molecule has 6 nitrogen and oxygen atoms in total. The van der Waals surface area contributed by atoms with Gasteiger partial charge < -0.3 is 20.3 Å². The Bertz CT molecular complexity index is 1240. The second-order valence-corrected chi connectivity index (χ2v) is 22.4. The van der Waals surface area contributed by atoms with Crippen molar-refractivity contribution in [2.75, 3.05) is 13.2 Å². The number of carbonyl (C=O) groups excluding carboxylic acids is 2. The molecular formula is C68H127NO5. The van der Waals surface area contributed by atoms with Crippen molar-refractivity contribution in [2.45, 2.75) is 360 Å². The lowest BCUT2D eigenvalue weighted by Gasteiger charge is -2.20. The fraction of sp³-hybridized carbons (Fsp3) is 0.853. The van der Waals surface area contributed by atoms with Gasteiger partial charge in [0.25, 0.3) is 0 Å². The van der Waals surface area contributed by atoms with Gasteiger partial charge in [-0.2, -0.15) is 0 Å². The van der Waals surface area contributed by atoms with E-state index >= 15 is 0 Å². The molecule has 0 aromatic carbocycles. The molecule has 0 spiro atoms. The molecule has 74 heavy (non-hydrogen) atoms. The summed E-state index contributed by atoms with van der Waals surface area (Å²) in [5.41, 5.74) is 0. The van der Waals surface area contributed by atoms with Crippen LogP contribution in [0.1, 0.15) is 348 Å². The molecule has 0 rings (SSSR count). The normalized spacial score (nSPS) is 12.9. The van der Waals surface area contributed by atoms with Gasteiger partial charge in [-0.3, -0.25) is 9.59 Å². The van der Waals surface area contributed by atoms with E-state index in [1.807, 2.05) is 6.08 Å². The smallest absolute Gasteiger partial charge is 0.305 e. The third-order valence-corrected chi connectivity index (χ3v) is 15.0. The lowest BCUT2D eigenvalue weighted by molar-refractivity contribution is -0.143. The quantitative estimate of drug-likeness (QED) is 0.0320. The first-order valence-electron chi connectivity index (χ1n) is 32.9. The highest BCUT2D eigenvalue weighted by Gasteiger charge is 2.18. The van der Waals surface area contributed by atoms with Crippen molar-refractivity contribution in [1.82, 2.24) is 5.32 Å². The zero-order valence-corrected chi connectivity index (χ0v) is 49.6. The molecule has 6 heteroatoms. The predicted octanol–water partition coefficient (Wildman–Crippen LogP) is 20.9. The SMILES string of the molecule is CCC/C=C\C/C=C\CCCCCCCC(=O)OCCCCCCCCCC/C=C\CCCCCCCCCC(=O)NC(CO)C(O)/C=C/CCCCCCCCCCCCCCCCCCCCCCCCC. The molecule has 1 amide bonds. The molecule has 0 aromatic rings. The molecule has 0 fully saturated rings. The van der Waals surface area contributed by atoms with Gasteiger partial charge in [0.15, 0.2) is 0 Å². The van der Waals surface area contributed by atoms with Gasteiger partial charge in [-0.1, -0.05) is 300 Å². The van der Waals surface area contributed by atoms with Crippen molar-refractivity contribution in [3.8, 4) is 0 Å². The van der Waals surface area contributed by atoms with Crippen LogP contribution in [0.5, 0.6) is 0 Å². The third kappa shape index (κ3) is 59.1. The van der Waals surface area contributed by atoms with Crippen LogP contribution in [0.15, 0.2) is 48.6 Å². The second kappa shape index (κ2) is 63.4. The van der Waals surface area contributed by atoms with Crippen LogP contribution in [0.2, 0.25) is 0 Å². The Hall–Kier alpha value is -2.18. The van der Waals surface area contributed by atoms with Crippen LogP contribution in [0.25, 0.3) is 0 Å². The Balaban J connectivity index is 3.48. The van der Waals surface area contributed by atoms with Crippen molar-refractivity contribution >= 4 is 11.9 Å². The Labute approximate surface area is 461 Å². The maximum absolute atomic E-state index is 12.5. The van der Waals surface area contributed by atoms with E-state index in [1.54, 1.807) is 6.08 Å². The predicted molar refractivity (Wildman–Crippen MR) is 324 cm³/mol. The summed E-state index contributed by atoms with van der Waals surface area (Å²) in [6.07, 6.45) is 81.6. The largest absolute Gasteiger partial charge is 0.466 e. The van der Waals surface area contributed by atoms with Crippen molar-refractivity contribution in [2.24, 2.45) is 0 Å². The first-order valence-corrected chi connectivity index (χ1v) is 32.9. The maximum Gasteiger partial charge on any atom is 0.305 e. The van der Waals surface area contributed by atoms with Gasteiger partial charge in [0.05, 0.1) is 25.4 Å². The summed E-state index contributed by atoms with van der Waals surface area (Å²) < 4.78 is 5.46. The van der Waals surface area contributed by atoms with Crippen LogP contribution in [0.4, 0.5) is 0 Å². The average molecular weight is 1040 g/mol. The minimum Gasteiger partial charge on any atom is -0.466 e. The molecule has 0 aromatic heterocycles. The van der Waals surface area contributed by atoms with Crippen molar-refractivity contribution in [3.63, 3.8) is 0 Å². The number of esters is 1. The van der Waals surface area contributed by atoms with Crippen LogP contribution in [0, 0.1) is 0 Å². The minimum absolute atomic E-state index is 0.0121. The number of rotatable bonds is 61. The first kappa shape index (κ1) is 71.8. The van der Waals surface area contributed by atoms with E-state index in [4.69, 9.17) is 4.74 Å². The summed E-state index contributed by atoms with van der Waals surface area (Å²) in [6.45, 7) is 4.84. The number of amides is 1. The summed E-state index contributed by atoms with van der Waals surface area (Å²) >= 11 is 0. The van der Waals surface area contributed by atoms with E-state index in [0.29, 0.717) is 19.4 Å². The number of hydrogen-bond donors (Lipinski definition) is 3. The summed E-state index contributed by atoms with van der Waals surface area (Å²) in [4.78, 5) is 24.5. The van der Waals surface area contributed by atoms with Crippen LogP contribution in [-0.4, -0.2) is 47.4 Å². The molecule has 0 heterocycles. The van der Waals surface area contributed by atoms with Gasteiger partial charge in [-0.25, -0.2) is 0 Å². The molecule has 2 atom stereocenters. The highest BCUT2D eigenvalue weighted by Crippen LogP contribution is 2.18. The van der Waals surface area contributed by atoms with Gasteiger partial charge in [-0.05, 0) is 83.5 Å². The monoisotopic (exact) mass is 1040 g/mol. The molecule has 0 bridgehead atoms. The molecule has 0 saturated heterocycles. The molecule has 2 unspecified atom stereocenters. The number of aliphatic hydroxyl groups excluding tert-OH is 2. The second-order valence-electron chi connectivity index (χ2n) is 22.4. The number of aliphatic hydroxyl groups is 2. The summed E-state index contributed by atoms with van der Waals surface area (Å²) in [5, 5.41) is 23.2. The highest BCUT2D eigenvalue weighted by molar-refractivity contribution is 5.76. The third-order valence-electron chi connectivity index (χ3n) is 15.0. The van der Waals surface area contributed by atoms with E-state index in [2.05, 4.69) is 55.6 Å². The first-order chi connectivity index (χ1) is 36.5. The highest BCUT2D eigenvalue weighted by atomic mass is 16.5. The van der Waals surface area contributed by atoms with Gasteiger partial charge in [-0.15, -0.1) is 0 Å². The maximum atomic E-state index is 12.5. The number of hydrogen-bond acceptors (Lipinski definition) is 5. The Kier molecular flexibility index (Phi) is 61.5. The summed E-state index contributed by atoms with van der Waals surface area (Å²) in [7, 11) is 0. The average Bonchev–Trinajstić information content (AvgIpc) is 3.40. The Morgan fingerprint density at radius 2 is 0.703 bits per heavy atom. The molecular weight excluding hydrogens is 911 g/mol. The molecule has 3 N–H and O–H groups in total. The van der Waals surface area contributed by atoms with Gasteiger partial charge in [0.2, 0.25) is 5.91 Å². The number of carbonyl (C=O) groups is 2. The standard InChI is InChI=1S/C68H127NO5/c1-3-5-7-9-11-13-15-17-18-19-20-21-22-23-24-25-27-30-33-37-40-44-48-52-56-60-66(71)65(64-70)69-67(72)61-57-53-49-45-41-38-34-31-28-26-29-32-35-39-43-47-51-55-59-63-74-68(73)62-58-54-50-46-42-36-16-14-12-10-8-6-4-2/h8,10,14,16,26,28,56,60,65-66,70-71H,3-7,9,11-13,15,17-25,27,29-55,57-59,61-64H2,1-2H3,(H,69,72)/b10-8-,16-14-,28-26-,60-56+. The van der Waals surface area contributed by atoms with Gasteiger partial charge >= 0.3 is 5.97 Å². The molecule has 0 aliphatic heterocycles. The van der Waals surface area contributed by atoms with Gasteiger partial charge in [0, 0.05) is 12.8 Å². The summed E-state index contributed by atoms with van der Waals surface area (Å²) in [5.74, 6) is -0.0873. The Morgan fingerprint density at radius 3 is 1.09 bits per heavy atom. The topological polar surface area (TPSA) is 95.9 Å². The summed E-state index contributed by atoms with van der Waals surface area (Å²) in [6, 6.07) is -0.638. The van der Waals surface area contributed by atoms with Crippen molar-refractivity contribution in [1.29, 1.82) is 0 Å². The lowest BCUT2D eigenvalue weighted by atomic mass is 10.0. The number of allylic oxidation sites excluding steroid dienone is 7. The van der Waals surface area contributed by atoms with Crippen LogP contribution in [-0.2, 0) is 14.3 Å². The molecule has 0 saturated carbocycles. The van der Waals surface area contributed by atoms with E-state index < -0.39 is 12.1 Å². The van der Waals surface area contributed by atoms with E-state index in [0.717, 1.165) is 64.2 Å². The van der Waals surface area contributed by atoms with E-state index in [1.165, 1.54) is 257 Å². The van der Waals surface area contributed by atoms with Crippen molar-refractivity contribution in [3.05, 3.63) is 48.6 Å². The van der Waals surface area contributed by atoms with E-state index in [-0.39, 0.29) is 18.5 Å². The minimum atomic E-state index is -0.853.